The summed E-state index contributed by atoms with van der Waals surface area (Å²) in [6.07, 6.45) is 3.38. The van der Waals surface area contributed by atoms with Crippen molar-refractivity contribution in [2.75, 3.05) is 23.9 Å². The second-order valence-corrected chi connectivity index (χ2v) is 5.01. The first-order valence-corrected chi connectivity index (χ1v) is 6.86. The van der Waals surface area contributed by atoms with E-state index in [1.807, 2.05) is 0 Å². The lowest BCUT2D eigenvalue weighted by Crippen LogP contribution is -2.40. The van der Waals surface area contributed by atoms with Crippen molar-refractivity contribution in [3.05, 3.63) is 5.82 Å². The molecule has 0 radical (unpaired) electrons. The van der Waals surface area contributed by atoms with Gasteiger partial charge in [0.25, 0.3) is 0 Å². The van der Waals surface area contributed by atoms with E-state index in [0.717, 1.165) is 37.7 Å². The number of rotatable bonds is 5. The molecule has 0 atom stereocenters. The first kappa shape index (κ1) is 13.2. The van der Waals surface area contributed by atoms with Crippen LogP contribution < -0.4 is 5.01 Å². The van der Waals surface area contributed by atoms with Crippen LogP contribution in [0.25, 0.3) is 0 Å². The van der Waals surface area contributed by atoms with Crippen molar-refractivity contribution in [3.8, 4) is 0 Å². The predicted molar refractivity (Wildman–Crippen MR) is 66.1 cm³/mol. The molecular formula is C10H16N4O3S. The quantitative estimate of drug-likeness (QED) is 0.733. The van der Waals surface area contributed by atoms with E-state index in [1.165, 1.54) is 6.42 Å². The molecule has 0 unspecified atom stereocenters. The summed E-state index contributed by atoms with van der Waals surface area (Å²) in [5.74, 6) is -0.485. The molecule has 0 aliphatic carbocycles. The zero-order valence-corrected chi connectivity index (χ0v) is 10.8. The highest BCUT2D eigenvalue weighted by Gasteiger charge is 2.20. The van der Waals surface area contributed by atoms with Crippen molar-refractivity contribution < 1.29 is 15.0 Å². The summed E-state index contributed by atoms with van der Waals surface area (Å²) in [6.45, 7) is 1.56. The van der Waals surface area contributed by atoms with Gasteiger partial charge in [-0.25, -0.2) is 4.68 Å². The van der Waals surface area contributed by atoms with Gasteiger partial charge in [-0.2, -0.15) is 0 Å². The maximum absolute atomic E-state index is 10.6. The number of piperidine rings is 1. The summed E-state index contributed by atoms with van der Waals surface area (Å²) in [5, 5.41) is 28.4. The number of thioether (sulfide) groups is 1. The number of carboxylic acid groups (broad SMARTS) is 1. The largest absolute Gasteiger partial charge is 0.481 e. The van der Waals surface area contributed by atoms with Gasteiger partial charge in [0.05, 0.1) is 5.75 Å². The van der Waals surface area contributed by atoms with Crippen LogP contribution in [0.15, 0.2) is 5.16 Å². The number of nitrogens with zero attached hydrogens (tertiary/aromatic N) is 4. The molecule has 0 spiro atoms. The third kappa shape index (κ3) is 2.94. The Kier molecular flexibility index (Phi) is 4.43. The Morgan fingerprint density at radius 1 is 1.28 bits per heavy atom. The minimum absolute atomic E-state index is 0.0581. The number of hydrogen-bond acceptors (Lipinski definition) is 6. The summed E-state index contributed by atoms with van der Waals surface area (Å²) in [4.78, 5) is 10.6. The lowest BCUT2D eigenvalue weighted by Gasteiger charge is -2.30. The van der Waals surface area contributed by atoms with Crippen molar-refractivity contribution in [2.45, 2.75) is 31.0 Å². The van der Waals surface area contributed by atoms with Crippen LogP contribution in [0.3, 0.4) is 0 Å². The van der Waals surface area contributed by atoms with Gasteiger partial charge in [-0.3, -0.25) is 4.79 Å². The molecule has 8 heteroatoms. The molecule has 0 amide bonds. The normalized spacial score (nSPS) is 15.9. The fourth-order valence-electron chi connectivity index (χ4n) is 1.97. The molecule has 100 valence electrons. The van der Waals surface area contributed by atoms with Gasteiger partial charge in [-0.1, -0.05) is 11.8 Å². The Labute approximate surface area is 109 Å². The topological polar surface area (TPSA) is 91.5 Å². The third-order valence-electron chi connectivity index (χ3n) is 2.76. The second kappa shape index (κ2) is 6.05. The average molecular weight is 272 g/mol. The lowest BCUT2D eigenvalue weighted by molar-refractivity contribution is -0.133. The summed E-state index contributed by atoms with van der Waals surface area (Å²) >= 11 is 1.12. The van der Waals surface area contributed by atoms with Crippen LogP contribution >= 0.6 is 11.8 Å². The van der Waals surface area contributed by atoms with Crippen molar-refractivity contribution in [1.29, 1.82) is 0 Å². The average Bonchev–Trinajstić information content (AvgIpc) is 2.80. The van der Waals surface area contributed by atoms with E-state index >= 15 is 0 Å². The fourth-order valence-corrected chi connectivity index (χ4v) is 2.67. The van der Waals surface area contributed by atoms with Crippen LogP contribution in [0.1, 0.15) is 25.1 Å². The smallest absolute Gasteiger partial charge is 0.313 e. The number of hydrogen-bond donors (Lipinski definition) is 2. The van der Waals surface area contributed by atoms with Gasteiger partial charge < -0.3 is 15.2 Å². The fraction of sp³-hybridized carbons (Fsp3) is 0.700. The molecule has 0 saturated carbocycles. The molecule has 18 heavy (non-hydrogen) atoms. The lowest BCUT2D eigenvalue weighted by atomic mass is 10.2. The van der Waals surface area contributed by atoms with E-state index < -0.39 is 5.97 Å². The number of aliphatic carboxylic acids is 1. The van der Waals surface area contributed by atoms with E-state index in [-0.39, 0.29) is 12.4 Å². The van der Waals surface area contributed by atoms with Crippen molar-refractivity contribution in [2.24, 2.45) is 0 Å². The molecule has 2 heterocycles. The van der Waals surface area contributed by atoms with E-state index in [9.17, 15) is 9.90 Å². The number of carboxylic acids is 1. The summed E-state index contributed by atoms with van der Waals surface area (Å²) in [7, 11) is 0. The SMILES string of the molecule is O=C(O)CSc1nnc(CO)n1N1CCCCC1. The molecule has 1 aliphatic heterocycles. The van der Waals surface area contributed by atoms with Crippen molar-refractivity contribution >= 4 is 17.7 Å². The summed E-state index contributed by atoms with van der Waals surface area (Å²) in [5.41, 5.74) is 0. The van der Waals surface area contributed by atoms with Crippen LogP contribution in [0, 0.1) is 0 Å². The van der Waals surface area contributed by atoms with Crippen LogP contribution in [0.5, 0.6) is 0 Å². The number of aliphatic hydroxyl groups is 1. The van der Waals surface area contributed by atoms with E-state index in [1.54, 1.807) is 4.68 Å². The van der Waals surface area contributed by atoms with Crippen LogP contribution in [0.2, 0.25) is 0 Å². The predicted octanol–water partition coefficient (Wildman–Crippen LogP) is 0.0690. The Bertz CT molecular complexity index is 417. The van der Waals surface area contributed by atoms with Gasteiger partial charge in [0.15, 0.2) is 5.82 Å². The first-order chi connectivity index (χ1) is 8.72. The monoisotopic (exact) mass is 272 g/mol. The van der Waals surface area contributed by atoms with E-state index in [2.05, 4.69) is 15.2 Å². The summed E-state index contributed by atoms with van der Waals surface area (Å²) in [6, 6.07) is 0. The molecule has 1 aromatic heterocycles. The molecule has 0 aromatic carbocycles. The molecule has 0 bridgehead atoms. The molecule has 1 aliphatic rings. The molecular weight excluding hydrogens is 256 g/mol. The minimum Gasteiger partial charge on any atom is -0.481 e. The Balaban J connectivity index is 2.18. The van der Waals surface area contributed by atoms with Gasteiger partial charge in [0, 0.05) is 13.1 Å². The highest BCUT2D eigenvalue weighted by molar-refractivity contribution is 7.99. The van der Waals surface area contributed by atoms with Crippen LogP contribution in [0.4, 0.5) is 0 Å². The molecule has 2 rings (SSSR count). The van der Waals surface area contributed by atoms with Crippen LogP contribution in [-0.2, 0) is 11.4 Å². The second-order valence-electron chi connectivity index (χ2n) is 4.07. The van der Waals surface area contributed by atoms with Crippen molar-refractivity contribution in [1.82, 2.24) is 14.9 Å². The minimum atomic E-state index is -0.890. The van der Waals surface area contributed by atoms with Crippen LogP contribution in [-0.4, -0.2) is 49.9 Å². The number of carbonyl (C=O) groups is 1. The third-order valence-corrected chi connectivity index (χ3v) is 3.66. The number of aliphatic hydroxyl groups excluding tert-OH is 1. The van der Waals surface area contributed by atoms with Crippen molar-refractivity contribution in [3.63, 3.8) is 0 Å². The maximum Gasteiger partial charge on any atom is 0.313 e. The highest BCUT2D eigenvalue weighted by atomic mass is 32.2. The van der Waals surface area contributed by atoms with Gasteiger partial charge in [-0.05, 0) is 19.3 Å². The van der Waals surface area contributed by atoms with Gasteiger partial charge in [0.1, 0.15) is 6.61 Å². The molecule has 2 N–H and O–H groups in total. The zero-order valence-electron chi connectivity index (χ0n) is 9.95. The highest BCUT2D eigenvalue weighted by Crippen LogP contribution is 2.19. The Morgan fingerprint density at radius 3 is 2.61 bits per heavy atom. The molecule has 7 nitrogen and oxygen atoms in total. The Hall–Kier alpha value is -1.28. The van der Waals surface area contributed by atoms with Gasteiger partial charge in [-0.15, -0.1) is 10.2 Å². The Morgan fingerprint density at radius 2 is 2.00 bits per heavy atom. The van der Waals surface area contributed by atoms with E-state index in [0.29, 0.717) is 11.0 Å². The molecule has 1 fully saturated rings. The van der Waals surface area contributed by atoms with Gasteiger partial charge in [0.2, 0.25) is 5.16 Å². The first-order valence-electron chi connectivity index (χ1n) is 5.87. The molecule has 1 aromatic rings. The van der Waals surface area contributed by atoms with Gasteiger partial charge >= 0.3 is 5.97 Å². The maximum atomic E-state index is 10.6. The van der Waals surface area contributed by atoms with E-state index in [4.69, 9.17) is 5.11 Å². The summed E-state index contributed by atoms with van der Waals surface area (Å²) < 4.78 is 1.76. The number of aromatic nitrogens is 3. The standard InChI is InChI=1S/C10H16N4O3S/c15-6-8-11-12-10(18-7-9(16)17)14(8)13-4-2-1-3-5-13/h15H,1-7H2,(H,16,17). The molecule has 1 saturated heterocycles. The zero-order chi connectivity index (χ0) is 13.0.